The summed E-state index contributed by atoms with van der Waals surface area (Å²) >= 11 is 3.71. The molecule has 2 aromatic heterocycles. The van der Waals surface area contributed by atoms with Gasteiger partial charge in [0.15, 0.2) is 0 Å². The highest BCUT2D eigenvalue weighted by Gasteiger charge is 2.19. The molecule has 59 heavy (non-hydrogen) atoms. The first-order valence-corrected chi connectivity index (χ1v) is 21.5. The summed E-state index contributed by atoms with van der Waals surface area (Å²) in [6, 6.07) is 80.9. The first-order chi connectivity index (χ1) is 29.2. The van der Waals surface area contributed by atoms with Crippen LogP contribution in [0, 0.1) is 0 Å². The van der Waals surface area contributed by atoms with Crippen LogP contribution in [-0.2, 0) is 0 Å². The van der Waals surface area contributed by atoms with Crippen molar-refractivity contribution in [3.05, 3.63) is 224 Å². The van der Waals surface area contributed by atoms with Gasteiger partial charge in [0.25, 0.3) is 0 Å². The highest BCUT2D eigenvalue weighted by Crippen LogP contribution is 2.46. The highest BCUT2D eigenvalue weighted by atomic mass is 32.1. The fourth-order valence-electron chi connectivity index (χ4n) is 8.29. The normalized spacial score (nSPS) is 11.4. The molecule has 0 spiro atoms. The first kappa shape index (κ1) is 35.0. The van der Waals surface area contributed by atoms with Gasteiger partial charge in [-0.3, -0.25) is 0 Å². The van der Waals surface area contributed by atoms with Gasteiger partial charge in [0.2, 0.25) is 0 Å². The van der Waals surface area contributed by atoms with Crippen molar-refractivity contribution in [1.82, 2.24) is 0 Å². The quantitative estimate of drug-likeness (QED) is 0.144. The number of benzene rings is 9. The van der Waals surface area contributed by atoms with E-state index in [0.29, 0.717) is 0 Å². The largest absolute Gasteiger partial charge is 0.310 e. The fraction of sp³-hybridized carbons (Fsp3) is 0. The summed E-state index contributed by atoms with van der Waals surface area (Å²) in [5, 5.41) is 5.05. The van der Waals surface area contributed by atoms with E-state index in [0.717, 1.165) is 51.2 Å². The molecule has 0 radical (unpaired) electrons. The van der Waals surface area contributed by atoms with E-state index in [4.69, 9.17) is 0 Å². The van der Waals surface area contributed by atoms with Gasteiger partial charge >= 0.3 is 0 Å². The van der Waals surface area contributed by atoms with Crippen molar-refractivity contribution in [2.24, 2.45) is 0 Å². The standard InChI is InChI=1S/C54H37N3S2/c1-6-16-38(17-7-1)55(39-18-8-2-9-19-39)43-28-32-51-49(34-43)48-31-27-46(37-54(48)59-51)57(42-24-14-5-15-25-42)44-29-33-52-50(35-44)47-30-26-45(36-53(47)58-52)56(40-20-10-3-11-21-40)41-22-12-4-13-23-41/h1-37H. The third kappa shape index (κ3) is 6.47. The molecule has 0 atom stereocenters. The molecule has 11 aromatic rings. The Morgan fingerprint density at radius 3 is 0.797 bits per heavy atom. The number of nitrogens with zero attached hydrogens (tertiary/aromatic N) is 3. The number of hydrogen-bond acceptors (Lipinski definition) is 5. The molecule has 0 bridgehead atoms. The van der Waals surface area contributed by atoms with Crippen LogP contribution in [0.3, 0.4) is 0 Å². The molecule has 11 rings (SSSR count). The number of fused-ring (bicyclic) bond motifs is 6. The van der Waals surface area contributed by atoms with E-state index in [9.17, 15) is 0 Å². The lowest BCUT2D eigenvalue weighted by atomic mass is 10.1. The van der Waals surface area contributed by atoms with Gasteiger partial charge in [0.05, 0.1) is 0 Å². The molecular weight excluding hydrogens is 755 g/mol. The van der Waals surface area contributed by atoms with Crippen LogP contribution >= 0.6 is 22.7 Å². The zero-order valence-corrected chi connectivity index (χ0v) is 33.7. The van der Waals surface area contributed by atoms with Crippen LogP contribution in [0.2, 0.25) is 0 Å². The molecule has 0 unspecified atom stereocenters. The molecule has 0 fully saturated rings. The summed E-state index contributed by atoms with van der Waals surface area (Å²) in [7, 11) is 0. The van der Waals surface area contributed by atoms with Crippen LogP contribution in [0.25, 0.3) is 40.3 Å². The van der Waals surface area contributed by atoms with E-state index in [2.05, 4.69) is 239 Å². The average Bonchev–Trinajstić information content (AvgIpc) is 3.85. The minimum absolute atomic E-state index is 1.12. The average molecular weight is 792 g/mol. The monoisotopic (exact) mass is 791 g/mol. The van der Waals surface area contributed by atoms with Crippen molar-refractivity contribution in [2.75, 3.05) is 14.7 Å². The third-order valence-corrected chi connectivity index (χ3v) is 13.2. The zero-order valence-electron chi connectivity index (χ0n) is 32.0. The van der Waals surface area contributed by atoms with Crippen molar-refractivity contribution >= 4 is 114 Å². The summed E-state index contributed by atoms with van der Waals surface area (Å²) in [6.07, 6.45) is 0. The second-order valence-electron chi connectivity index (χ2n) is 14.6. The Hall–Kier alpha value is -7.18. The molecule has 0 N–H and O–H groups in total. The molecule has 3 nitrogen and oxygen atoms in total. The Labute approximate surface area is 351 Å². The number of hydrogen-bond donors (Lipinski definition) is 0. The van der Waals surface area contributed by atoms with Crippen LogP contribution in [0.5, 0.6) is 0 Å². The lowest BCUT2D eigenvalue weighted by Crippen LogP contribution is -2.09. The van der Waals surface area contributed by atoms with Crippen molar-refractivity contribution in [1.29, 1.82) is 0 Å². The summed E-state index contributed by atoms with van der Waals surface area (Å²) in [5.74, 6) is 0. The smallest absolute Gasteiger partial charge is 0.0476 e. The van der Waals surface area contributed by atoms with Gasteiger partial charge < -0.3 is 14.7 Å². The summed E-state index contributed by atoms with van der Waals surface area (Å²) in [4.78, 5) is 7.06. The molecule has 0 saturated heterocycles. The number of thiophene rings is 2. The molecule has 9 aromatic carbocycles. The van der Waals surface area contributed by atoms with Gasteiger partial charge in [-0.15, -0.1) is 22.7 Å². The minimum Gasteiger partial charge on any atom is -0.310 e. The molecule has 0 aliphatic carbocycles. The maximum absolute atomic E-state index is 2.39. The van der Waals surface area contributed by atoms with E-state index < -0.39 is 0 Å². The SMILES string of the molecule is c1ccc(N(c2ccccc2)c2ccc3c(c2)sc2ccc(N(c4ccccc4)c4ccc5c(c4)sc4ccc(N(c6ccccc6)c6ccccc6)cc45)cc23)cc1. The minimum atomic E-state index is 1.12. The van der Waals surface area contributed by atoms with Crippen molar-refractivity contribution < 1.29 is 0 Å². The van der Waals surface area contributed by atoms with E-state index in [1.807, 2.05) is 22.7 Å². The summed E-state index contributed by atoms with van der Waals surface area (Å²) in [5.41, 5.74) is 10.2. The lowest BCUT2D eigenvalue weighted by molar-refractivity contribution is 1.29. The molecule has 5 heteroatoms. The summed E-state index contributed by atoms with van der Waals surface area (Å²) < 4.78 is 5.08. The maximum Gasteiger partial charge on any atom is 0.0476 e. The number of anilines is 9. The van der Waals surface area contributed by atoms with Gasteiger partial charge in [-0.25, -0.2) is 0 Å². The van der Waals surface area contributed by atoms with Crippen molar-refractivity contribution in [3.8, 4) is 0 Å². The zero-order chi connectivity index (χ0) is 39.1. The predicted molar refractivity (Wildman–Crippen MR) is 256 cm³/mol. The molecule has 280 valence electrons. The van der Waals surface area contributed by atoms with E-state index >= 15 is 0 Å². The van der Waals surface area contributed by atoms with Gasteiger partial charge in [-0.2, -0.15) is 0 Å². The topological polar surface area (TPSA) is 9.72 Å². The summed E-state index contributed by atoms with van der Waals surface area (Å²) in [6.45, 7) is 0. The highest BCUT2D eigenvalue weighted by molar-refractivity contribution is 7.26. The molecular formula is C54H37N3S2. The van der Waals surface area contributed by atoms with Crippen LogP contribution < -0.4 is 14.7 Å². The van der Waals surface area contributed by atoms with Gasteiger partial charge in [-0.05, 0) is 121 Å². The van der Waals surface area contributed by atoms with Gasteiger partial charge in [-0.1, -0.05) is 103 Å². The molecule has 2 heterocycles. The van der Waals surface area contributed by atoms with E-state index in [1.165, 1.54) is 40.3 Å². The second-order valence-corrected chi connectivity index (χ2v) is 16.8. The van der Waals surface area contributed by atoms with Gasteiger partial charge in [0, 0.05) is 91.5 Å². The van der Waals surface area contributed by atoms with E-state index in [1.54, 1.807) is 0 Å². The van der Waals surface area contributed by atoms with Gasteiger partial charge in [0.1, 0.15) is 0 Å². The maximum atomic E-state index is 2.39. The molecule has 0 aliphatic heterocycles. The predicted octanol–water partition coefficient (Wildman–Crippen LogP) is 16.8. The molecule has 0 aliphatic rings. The van der Waals surface area contributed by atoms with Crippen molar-refractivity contribution in [2.45, 2.75) is 0 Å². The van der Waals surface area contributed by atoms with Crippen LogP contribution in [-0.4, -0.2) is 0 Å². The fourth-order valence-corrected chi connectivity index (χ4v) is 10.5. The van der Waals surface area contributed by atoms with Crippen molar-refractivity contribution in [3.63, 3.8) is 0 Å². The van der Waals surface area contributed by atoms with Crippen LogP contribution in [0.15, 0.2) is 224 Å². The van der Waals surface area contributed by atoms with Crippen LogP contribution in [0.4, 0.5) is 51.2 Å². The Balaban J connectivity index is 0.999. The first-order valence-electron chi connectivity index (χ1n) is 19.8. The van der Waals surface area contributed by atoms with E-state index in [-0.39, 0.29) is 0 Å². The molecule has 0 saturated carbocycles. The number of para-hydroxylation sites is 5. The van der Waals surface area contributed by atoms with Crippen LogP contribution in [0.1, 0.15) is 0 Å². The Bertz CT molecular complexity index is 3140. The number of rotatable bonds is 9. The Morgan fingerprint density at radius 1 is 0.203 bits per heavy atom. The lowest BCUT2D eigenvalue weighted by Gasteiger charge is -2.26. The third-order valence-electron chi connectivity index (χ3n) is 11.0. The Kier molecular flexibility index (Phi) is 8.88. The second kappa shape index (κ2) is 15.0. The Morgan fingerprint density at radius 2 is 0.475 bits per heavy atom. The molecule has 0 amide bonds.